The highest BCUT2D eigenvalue weighted by molar-refractivity contribution is 5.71. The van der Waals surface area contributed by atoms with Gasteiger partial charge in [-0.1, -0.05) is 294 Å². The summed E-state index contributed by atoms with van der Waals surface area (Å²) >= 11 is 0. The van der Waals surface area contributed by atoms with Gasteiger partial charge in [-0.15, -0.1) is 0 Å². The van der Waals surface area contributed by atoms with Gasteiger partial charge < -0.3 is 14.2 Å². The van der Waals surface area contributed by atoms with Crippen LogP contribution in [0.25, 0.3) is 0 Å². The molecule has 0 bridgehead atoms. The molecule has 0 radical (unpaired) electrons. The quantitative estimate of drug-likeness (QED) is 0.0261. The van der Waals surface area contributed by atoms with E-state index in [0.717, 1.165) is 77.0 Å². The number of ether oxygens (including phenoxy) is 3. The van der Waals surface area contributed by atoms with E-state index < -0.39 is 6.10 Å². The number of hydrogen-bond donors (Lipinski definition) is 0. The first-order valence-corrected chi connectivity index (χ1v) is 32.1. The van der Waals surface area contributed by atoms with Crippen molar-refractivity contribution < 1.29 is 28.6 Å². The van der Waals surface area contributed by atoms with Crippen LogP contribution in [-0.2, 0) is 28.6 Å². The largest absolute Gasteiger partial charge is 0.462 e. The third kappa shape index (κ3) is 60.1. The number of carbonyl (C=O) groups excluding carboxylic acids is 3. The summed E-state index contributed by atoms with van der Waals surface area (Å²) in [6.45, 7) is 6.62. The van der Waals surface area contributed by atoms with Crippen LogP contribution in [0.2, 0.25) is 0 Å². The zero-order valence-electron chi connectivity index (χ0n) is 48.9. The summed E-state index contributed by atoms with van der Waals surface area (Å²) in [5.41, 5.74) is 0. The molecule has 0 aliphatic heterocycles. The molecule has 1 unspecified atom stereocenters. The van der Waals surface area contributed by atoms with Gasteiger partial charge in [0.15, 0.2) is 6.10 Å². The van der Waals surface area contributed by atoms with Crippen molar-refractivity contribution >= 4 is 17.9 Å². The number of rotatable bonds is 59. The SMILES string of the molecule is CCCC/C=C\CCCCCCCC(=O)OCC(COC(=O)CCCCCCCCCCCCCCCCCC/C=C\C/C=C\C/C=C\CCCCCCC)OC(=O)CCCCCCCCCCCCCCC. The first kappa shape index (κ1) is 70.4. The van der Waals surface area contributed by atoms with E-state index in [1.54, 1.807) is 0 Å². The maximum absolute atomic E-state index is 12.8. The van der Waals surface area contributed by atoms with Crippen molar-refractivity contribution in [1.82, 2.24) is 0 Å². The Hall–Kier alpha value is -2.63. The second-order valence-corrected chi connectivity index (χ2v) is 21.7. The Morgan fingerprint density at radius 3 is 0.822 bits per heavy atom. The van der Waals surface area contributed by atoms with Crippen LogP contribution >= 0.6 is 0 Å². The van der Waals surface area contributed by atoms with Gasteiger partial charge in [0, 0.05) is 19.3 Å². The Balaban J connectivity index is 4.09. The van der Waals surface area contributed by atoms with Crippen LogP contribution in [0.15, 0.2) is 48.6 Å². The van der Waals surface area contributed by atoms with Gasteiger partial charge in [-0.3, -0.25) is 14.4 Å². The molecule has 0 aromatic heterocycles. The fourth-order valence-corrected chi connectivity index (χ4v) is 9.43. The minimum Gasteiger partial charge on any atom is -0.462 e. The molecular formula is C67H122O6. The molecule has 0 amide bonds. The summed E-state index contributed by atoms with van der Waals surface area (Å²) in [5, 5.41) is 0. The van der Waals surface area contributed by atoms with E-state index in [9.17, 15) is 14.4 Å². The summed E-state index contributed by atoms with van der Waals surface area (Å²) in [6.07, 6.45) is 77.1. The number of hydrogen-bond acceptors (Lipinski definition) is 6. The van der Waals surface area contributed by atoms with Gasteiger partial charge in [-0.2, -0.15) is 0 Å². The third-order valence-electron chi connectivity index (χ3n) is 14.3. The average Bonchev–Trinajstić information content (AvgIpc) is 3.39. The van der Waals surface area contributed by atoms with Gasteiger partial charge in [-0.25, -0.2) is 0 Å². The lowest BCUT2D eigenvalue weighted by atomic mass is 10.0. The Morgan fingerprint density at radius 2 is 0.507 bits per heavy atom. The average molecular weight is 1020 g/mol. The first-order valence-electron chi connectivity index (χ1n) is 32.1. The van der Waals surface area contributed by atoms with Crippen molar-refractivity contribution in [2.45, 2.75) is 348 Å². The summed E-state index contributed by atoms with van der Waals surface area (Å²) < 4.78 is 16.9. The van der Waals surface area contributed by atoms with E-state index in [4.69, 9.17) is 14.2 Å². The van der Waals surface area contributed by atoms with Crippen molar-refractivity contribution in [3.05, 3.63) is 48.6 Å². The van der Waals surface area contributed by atoms with Crippen LogP contribution in [0.5, 0.6) is 0 Å². The molecule has 0 aliphatic rings. The van der Waals surface area contributed by atoms with Crippen LogP contribution in [-0.4, -0.2) is 37.2 Å². The van der Waals surface area contributed by atoms with E-state index in [2.05, 4.69) is 69.4 Å². The van der Waals surface area contributed by atoms with Gasteiger partial charge in [-0.05, 0) is 77.0 Å². The highest BCUT2D eigenvalue weighted by Gasteiger charge is 2.19. The maximum atomic E-state index is 12.8. The second-order valence-electron chi connectivity index (χ2n) is 21.7. The molecule has 0 saturated heterocycles. The lowest BCUT2D eigenvalue weighted by molar-refractivity contribution is -0.167. The summed E-state index contributed by atoms with van der Waals surface area (Å²) in [6, 6.07) is 0. The van der Waals surface area contributed by atoms with Crippen molar-refractivity contribution in [1.29, 1.82) is 0 Å². The predicted octanol–water partition coefficient (Wildman–Crippen LogP) is 21.8. The molecule has 73 heavy (non-hydrogen) atoms. The van der Waals surface area contributed by atoms with Gasteiger partial charge in [0.25, 0.3) is 0 Å². The molecule has 0 heterocycles. The molecule has 0 aromatic carbocycles. The van der Waals surface area contributed by atoms with E-state index in [1.165, 1.54) is 225 Å². The lowest BCUT2D eigenvalue weighted by Gasteiger charge is -2.18. The van der Waals surface area contributed by atoms with Crippen molar-refractivity contribution in [3.63, 3.8) is 0 Å². The molecule has 0 fully saturated rings. The first-order chi connectivity index (χ1) is 36.0. The molecule has 0 saturated carbocycles. The molecule has 1 atom stereocenters. The topological polar surface area (TPSA) is 78.9 Å². The van der Waals surface area contributed by atoms with Crippen LogP contribution in [0.4, 0.5) is 0 Å². The van der Waals surface area contributed by atoms with E-state index in [-0.39, 0.29) is 31.1 Å². The number of allylic oxidation sites excluding steroid dienone is 8. The summed E-state index contributed by atoms with van der Waals surface area (Å²) in [7, 11) is 0. The molecule has 0 N–H and O–H groups in total. The minimum absolute atomic E-state index is 0.0713. The summed E-state index contributed by atoms with van der Waals surface area (Å²) in [5.74, 6) is -0.864. The highest BCUT2D eigenvalue weighted by atomic mass is 16.6. The van der Waals surface area contributed by atoms with Crippen LogP contribution in [0.3, 0.4) is 0 Å². The Labute approximate surface area is 454 Å². The Morgan fingerprint density at radius 1 is 0.274 bits per heavy atom. The van der Waals surface area contributed by atoms with Crippen LogP contribution in [0.1, 0.15) is 342 Å². The number of unbranched alkanes of at least 4 members (excludes halogenated alkanes) is 40. The molecular weight excluding hydrogens is 901 g/mol. The molecule has 6 heteroatoms. The predicted molar refractivity (Wildman–Crippen MR) is 316 cm³/mol. The maximum Gasteiger partial charge on any atom is 0.306 e. The van der Waals surface area contributed by atoms with Crippen molar-refractivity contribution in [2.24, 2.45) is 0 Å². The van der Waals surface area contributed by atoms with Crippen molar-refractivity contribution in [3.8, 4) is 0 Å². The fourth-order valence-electron chi connectivity index (χ4n) is 9.43. The van der Waals surface area contributed by atoms with Gasteiger partial charge >= 0.3 is 17.9 Å². The molecule has 6 nitrogen and oxygen atoms in total. The van der Waals surface area contributed by atoms with Gasteiger partial charge in [0.05, 0.1) is 0 Å². The Bertz CT molecular complexity index is 1270. The van der Waals surface area contributed by atoms with E-state index in [0.29, 0.717) is 19.3 Å². The van der Waals surface area contributed by atoms with Crippen molar-refractivity contribution in [2.75, 3.05) is 13.2 Å². The summed E-state index contributed by atoms with van der Waals surface area (Å²) in [4.78, 5) is 38.1. The highest BCUT2D eigenvalue weighted by Crippen LogP contribution is 2.17. The molecule has 0 aliphatic carbocycles. The molecule has 0 spiro atoms. The Kier molecular flexibility index (Phi) is 59.7. The zero-order chi connectivity index (χ0) is 52.9. The number of carbonyl (C=O) groups is 3. The number of esters is 3. The smallest absolute Gasteiger partial charge is 0.306 e. The molecule has 0 aromatic rings. The van der Waals surface area contributed by atoms with Gasteiger partial charge in [0.1, 0.15) is 13.2 Å². The van der Waals surface area contributed by atoms with E-state index >= 15 is 0 Å². The van der Waals surface area contributed by atoms with Crippen LogP contribution in [0, 0.1) is 0 Å². The minimum atomic E-state index is -0.772. The molecule has 426 valence electrons. The lowest BCUT2D eigenvalue weighted by Crippen LogP contribution is -2.30. The standard InChI is InChI=1S/C67H122O6/c1-4-7-10-13-16-19-22-24-25-26-27-28-29-30-31-32-33-34-35-36-37-38-39-40-41-43-45-48-51-54-57-60-66(69)72-63-64(62-71-65(68)59-56-53-50-47-44-21-18-15-12-9-6-3)73-67(70)61-58-55-52-49-46-42-23-20-17-14-11-8-5-2/h15,18,22,24,26-27,29-30,64H,4-14,16-17,19-21,23,25,28,31-63H2,1-3H3/b18-15-,24-22-,27-26-,30-29-. The van der Waals surface area contributed by atoms with Crippen LogP contribution < -0.4 is 0 Å². The molecule has 0 rings (SSSR count). The zero-order valence-corrected chi connectivity index (χ0v) is 48.9. The van der Waals surface area contributed by atoms with Gasteiger partial charge in [0.2, 0.25) is 0 Å². The second kappa shape index (κ2) is 61.9. The van der Waals surface area contributed by atoms with E-state index in [1.807, 2.05) is 0 Å². The monoisotopic (exact) mass is 1020 g/mol. The normalized spacial score (nSPS) is 12.3. The fraction of sp³-hybridized carbons (Fsp3) is 0.836. The third-order valence-corrected chi connectivity index (χ3v) is 14.3.